The molecule has 224 valence electrons. The molecule has 8 nitrogen and oxygen atoms in total. The number of piperazine rings is 1. The number of nitrogens with one attached hydrogen (secondary N) is 1. The van der Waals surface area contributed by atoms with Crippen molar-refractivity contribution in [2.45, 2.75) is 55.9 Å². The van der Waals surface area contributed by atoms with E-state index in [2.05, 4.69) is 20.3 Å². The van der Waals surface area contributed by atoms with Gasteiger partial charge in [-0.1, -0.05) is 6.07 Å². The van der Waals surface area contributed by atoms with Crippen molar-refractivity contribution < 1.29 is 31.5 Å². The minimum Gasteiger partial charge on any atom is -0.508 e. The summed E-state index contributed by atoms with van der Waals surface area (Å²) in [5, 5.41) is 14.1. The summed E-state index contributed by atoms with van der Waals surface area (Å²) in [6.45, 7) is -1.30. The SMILES string of the molecule is [2H]C1([2H])CC[C@@]2(COc3nc(N4C[C@H]5CC[C@@H](C4)N5)c4cnc(-c5cc(O)cc6ccc(F)c(F)c56)c(F)c4n3)C[C@@]([2H])(F)CN12. The van der Waals surface area contributed by atoms with E-state index in [0.717, 1.165) is 25.0 Å². The molecule has 4 atom stereocenters. The number of hydrogen-bond acceptors (Lipinski definition) is 8. The summed E-state index contributed by atoms with van der Waals surface area (Å²) in [6.07, 6.45) is 1.06. The van der Waals surface area contributed by atoms with Crippen molar-refractivity contribution in [1.29, 1.82) is 0 Å². The summed E-state index contributed by atoms with van der Waals surface area (Å²) < 4.78 is 91.8. The van der Waals surface area contributed by atoms with E-state index >= 15 is 8.78 Å². The molecule has 0 aliphatic carbocycles. The lowest BCUT2D eigenvalue weighted by atomic mass is 9.95. The van der Waals surface area contributed by atoms with Crippen molar-refractivity contribution >= 4 is 27.5 Å². The number of aromatic nitrogens is 3. The number of anilines is 1. The maximum atomic E-state index is 16.6. The molecule has 0 unspecified atom stereocenters. The highest BCUT2D eigenvalue weighted by Gasteiger charge is 2.49. The second-order valence-electron chi connectivity index (χ2n) is 12.0. The lowest BCUT2D eigenvalue weighted by Gasteiger charge is -2.34. The fourth-order valence-electron chi connectivity index (χ4n) is 7.17. The normalized spacial score (nSPS) is 30.9. The molecule has 2 N–H and O–H groups in total. The van der Waals surface area contributed by atoms with Gasteiger partial charge < -0.3 is 20.1 Å². The number of phenolic OH excluding ortho intramolecular Hbond substituents is 1. The Morgan fingerprint density at radius 1 is 1.12 bits per heavy atom. The highest BCUT2D eigenvalue weighted by atomic mass is 19.2. The van der Waals surface area contributed by atoms with Crippen molar-refractivity contribution in [3.8, 4) is 23.0 Å². The zero-order valence-corrected chi connectivity index (χ0v) is 23.0. The van der Waals surface area contributed by atoms with Gasteiger partial charge >= 0.3 is 6.01 Å². The topological polar surface area (TPSA) is 86.6 Å². The van der Waals surface area contributed by atoms with E-state index in [1.54, 1.807) is 0 Å². The van der Waals surface area contributed by atoms with Crippen LogP contribution in [0, 0.1) is 17.5 Å². The molecule has 2 aromatic carbocycles. The van der Waals surface area contributed by atoms with Crippen LogP contribution in [0.15, 0.2) is 30.5 Å². The van der Waals surface area contributed by atoms with Crippen LogP contribution in [0.4, 0.5) is 23.4 Å². The lowest BCUT2D eigenvalue weighted by molar-refractivity contribution is 0.107. The number of ether oxygens (including phenoxy) is 1. The van der Waals surface area contributed by atoms with Crippen LogP contribution in [-0.2, 0) is 0 Å². The summed E-state index contributed by atoms with van der Waals surface area (Å²) in [7, 11) is 0. The van der Waals surface area contributed by atoms with Crippen LogP contribution in [-0.4, -0.2) is 81.5 Å². The van der Waals surface area contributed by atoms with E-state index in [-0.39, 0.29) is 82.6 Å². The number of phenols is 1. The Morgan fingerprint density at radius 2 is 1.93 bits per heavy atom. The molecule has 43 heavy (non-hydrogen) atoms. The van der Waals surface area contributed by atoms with Gasteiger partial charge in [0.1, 0.15) is 35.5 Å². The number of benzene rings is 2. The zero-order chi connectivity index (χ0) is 32.2. The van der Waals surface area contributed by atoms with Crippen LogP contribution in [0.25, 0.3) is 32.9 Å². The molecule has 4 aromatic rings. The minimum atomic E-state index is -2.36. The number of aromatic hydroxyl groups is 1. The average Bonchev–Trinajstić information content (AvgIpc) is 3.58. The van der Waals surface area contributed by atoms with Crippen LogP contribution >= 0.6 is 0 Å². The van der Waals surface area contributed by atoms with Gasteiger partial charge in [0.05, 0.1) is 12.3 Å². The van der Waals surface area contributed by atoms with Gasteiger partial charge in [-0.25, -0.2) is 17.6 Å². The average molecular weight is 598 g/mol. The summed E-state index contributed by atoms with van der Waals surface area (Å²) in [5.41, 5.74) is -1.85. The van der Waals surface area contributed by atoms with Crippen molar-refractivity contribution in [2.24, 2.45) is 0 Å². The highest BCUT2D eigenvalue weighted by Crippen LogP contribution is 2.42. The minimum absolute atomic E-state index is 0.137. The third-order valence-corrected chi connectivity index (χ3v) is 9.19. The standard InChI is InChI=1S/C31H30F4N6O2/c32-17-10-31(6-1-7-41(31)12-17)15-43-30-38-28-22(29(39-30)40-13-18-3-4-19(14-40)37-18)11-36-27(26(28)35)21-9-20(42)8-16-2-5-23(33)25(34)24(16)21/h2,5,8-9,11,17-19,37,42H,1,3-4,6-7,10,12-15H2/t17-,18-,19+,31+/m1/s1/i7D2,17D. The fourth-order valence-corrected chi connectivity index (χ4v) is 7.17. The molecule has 4 aliphatic rings. The molecular formula is C31H30F4N6O2. The van der Waals surface area contributed by atoms with Gasteiger partial charge in [0.2, 0.25) is 0 Å². The molecule has 0 spiro atoms. The zero-order valence-electron chi connectivity index (χ0n) is 26.0. The molecule has 4 saturated heterocycles. The molecule has 4 aliphatic heterocycles. The number of rotatable bonds is 5. The molecule has 12 heteroatoms. The largest absolute Gasteiger partial charge is 0.508 e. The Labute approximate surface area is 248 Å². The maximum Gasteiger partial charge on any atom is 0.319 e. The van der Waals surface area contributed by atoms with E-state index < -0.39 is 42.2 Å². The molecular weight excluding hydrogens is 564 g/mol. The third kappa shape index (κ3) is 4.36. The monoisotopic (exact) mass is 597 g/mol. The summed E-state index contributed by atoms with van der Waals surface area (Å²) in [6, 6.07) is 4.72. The first kappa shape index (κ1) is 23.7. The molecule has 0 radical (unpaired) electrons. The Balaban J connectivity index is 1.26. The van der Waals surface area contributed by atoms with Gasteiger partial charge in [-0.2, -0.15) is 9.97 Å². The van der Waals surface area contributed by atoms with Crippen LogP contribution in [0.5, 0.6) is 11.8 Å². The molecule has 2 bridgehead atoms. The Hall–Kier alpha value is -3.77. The van der Waals surface area contributed by atoms with Crippen LogP contribution in [0.1, 0.15) is 36.2 Å². The predicted molar refractivity (Wildman–Crippen MR) is 153 cm³/mol. The van der Waals surface area contributed by atoms with Crippen molar-refractivity contribution in [3.05, 3.63) is 47.9 Å². The first-order valence-corrected chi connectivity index (χ1v) is 14.4. The van der Waals surface area contributed by atoms with Gasteiger partial charge in [-0.3, -0.25) is 9.88 Å². The van der Waals surface area contributed by atoms with E-state index in [1.807, 2.05) is 4.90 Å². The van der Waals surface area contributed by atoms with Gasteiger partial charge in [0, 0.05) is 58.0 Å². The molecule has 0 amide bonds. The van der Waals surface area contributed by atoms with Crippen molar-refractivity contribution in [3.63, 3.8) is 0 Å². The van der Waals surface area contributed by atoms with Crippen LogP contribution < -0.4 is 15.0 Å². The third-order valence-electron chi connectivity index (χ3n) is 9.19. The van der Waals surface area contributed by atoms with Crippen molar-refractivity contribution in [2.75, 3.05) is 37.6 Å². The number of halogens is 4. The second-order valence-corrected chi connectivity index (χ2v) is 12.0. The summed E-state index contributed by atoms with van der Waals surface area (Å²) >= 11 is 0. The predicted octanol–water partition coefficient (Wildman–Crippen LogP) is 4.86. The maximum absolute atomic E-state index is 16.6. The van der Waals surface area contributed by atoms with E-state index in [9.17, 15) is 13.9 Å². The molecule has 8 rings (SSSR count). The van der Waals surface area contributed by atoms with Crippen molar-refractivity contribution in [1.82, 2.24) is 25.2 Å². The summed E-state index contributed by atoms with van der Waals surface area (Å²) in [5.74, 6) is -3.26. The number of nitrogens with zero attached hydrogens (tertiary/aromatic N) is 5. The first-order chi connectivity index (χ1) is 21.8. The molecule has 4 fully saturated rings. The molecule has 6 heterocycles. The number of hydrogen-bond donors (Lipinski definition) is 2. The summed E-state index contributed by atoms with van der Waals surface area (Å²) in [4.78, 5) is 16.7. The smallest absolute Gasteiger partial charge is 0.319 e. The van der Waals surface area contributed by atoms with Gasteiger partial charge in [-0.15, -0.1) is 0 Å². The lowest BCUT2D eigenvalue weighted by Crippen LogP contribution is -2.51. The molecule has 2 aromatic heterocycles. The first-order valence-electron chi connectivity index (χ1n) is 15.9. The van der Waals surface area contributed by atoms with E-state index in [0.29, 0.717) is 18.9 Å². The Bertz CT molecular complexity index is 1910. The van der Waals surface area contributed by atoms with Gasteiger partial charge in [-0.05, 0) is 55.8 Å². The number of fused-ring (bicyclic) bond motifs is 5. The second kappa shape index (κ2) is 9.88. The Kier molecular flexibility index (Phi) is 5.44. The van der Waals surface area contributed by atoms with Crippen LogP contribution in [0.2, 0.25) is 0 Å². The molecule has 0 saturated carbocycles. The fraction of sp³-hybridized carbons (Fsp3) is 0.452. The Morgan fingerprint density at radius 3 is 2.74 bits per heavy atom. The van der Waals surface area contributed by atoms with E-state index in [4.69, 9.17) is 8.85 Å². The van der Waals surface area contributed by atoms with Gasteiger partial charge in [0.25, 0.3) is 0 Å². The number of pyridine rings is 1. The van der Waals surface area contributed by atoms with Gasteiger partial charge in [0.15, 0.2) is 17.5 Å². The highest BCUT2D eigenvalue weighted by molar-refractivity contribution is 6.00. The quantitative estimate of drug-likeness (QED) is 0.316. The van der Waals surface area contributed by atoms with Crippen LogP contribution in [0.3, 0.4) is 0 Å². The van der Waals surface area contributed by atoms with E-state index in [1.165, 1.54) is 23.2 Å². The number of alkyl halides is 1.